The predicted molar refractivity (Wildman–Crippen MR) is 111 cm³/mol. The lowest BCUT2D eigenvalue weighted by atomic mass is 9.97. The van der Waals surface area contributed by atoms with Gasteiger partial charge < -0.3 is 15.7 Å². The first-order valence-electron chi connectivity index (χ1n) is 9.14. The third kappa shape index (κ3) is 4.80. The number of hydrogen-bond donors (Lipinski definition) is 3. The number of anilines is 1. The lowest BCUT2D eigenvalue weighted by Gasteiger charge is -2.28. The Bertz CT molecular complexity index is 916. The minimum absolute atomic E-state index is 0.124. The SMILES string of the molecule is Cc1ccc(C(=O)NC2(CO)CC=CC2)cc1NC(=O)Cc1cccc(Cl)c1. The van der Waals surface area contributed by atoms with Gasteiger partial charge >= 0.3 is 0 Å². The van der Waals surface area contributed by atoms with Gasteiger partial charge in [-0.05, 0) is 55.2 Å². The molecule has 5 nitrogen and oxygen atoms in total. The zero-order chi connectivity index (χ0) is 20.1. The van der Waals surface area contributed by atoms with Crippen molar-refractivity contribution in [3.63, 3.8) is 0 Å². The van der Waals surface area contributed by atoms with E-state index in [0.717, 1.165) is 11.1 Å². The van der Waals surface area contributed by atoms with Crippen LogP contribution in [-0.4, -0.2) is 29.1 Å². The summed E-state index contributed by atoms with van der Waals surface area (Å²) in [6.07, 6.45) is 5.30. The van der Waals surface area contributed by atoms with Crippen LogP contribution in [0.3, 0.4) is 0 Å². The van der Waals surface area contributed by atoms with E-state index in [0.29, 0.717) is 29.1 Å². The van der Waals surface area contributed by atoms with E-state index < -0.39 is 5.54 Å². The van der Waals surface area contributed by atoms with Crippen LogP contribution in [0.1, 0.15) is 34.3 Å². The number of aryl methyl sites for hydroxylation is 1. The van der Waals surface area contributed by atoms with Crippen LogP contribution in [0, 0.1) is 6.92 Å². The molecule has 146 valence electrons. The number of amides is 2. The van der Waals surface area contributed by atoms with Crippen LogP contribution in [0.5, 0.6) is 0 Å². The second-order valence-corrected chi connectivity index (χ2v) is 7.59. The van der Waals surface area contributed by atoms with Gasteiger partial charge in [0.2, 0.25) is 5.91 Å². The Morgan fingerprint density at radius 2 is 1.89 bits per heavy atom. The van der Waals surface area contributed by atoms with Crippen molar-refractivity contribution < 1.29 is 14.7 Å². The van der Waals surface area contributed by atoms with Gasteiger partial charge in [-0.25, -0.2) is 0 Å². The molecular formula is C22H23ClN2O3. The molecule has 0 heterocycles. The largest absolute Gasteiger partial charge is 0.394 e. The summed E-state index contributed by atoms with van der Waals surface area (Å²) in [5.41, 5.74) is 2.05. The highest BCUT2D eigenvalue weighted by Crippen LogP contribution is 2.24. The summed E-state index contributed by atoms with van der Waals surface area (Å²) in [5.74, 6) is -0.460. The van der Waals surface area contributed by atoms with Crippen LogP contribution in [0.25, 0.3) is 0 Å². The zero-order valence-corrected chi connectivity index (χ0v) is 16.4. The number of carbonyl (C=O) groups is 2. The fourth-order valence-corrected chi connectivity index (χ4v) is 3.42. The lowest BCUT2D eigenvalue weighted by Crippen LogP contribution is -2.49. The van der Waals surface area contributed by atoms with E-state index in [1.807, 2.05) is 25.1 Å². The summed E-state index contributed by atoms with van der Waals surface area (Å²) >= 11 is 5.96. The van der Waals surface area contributed by atoms with Crippen LogP contribution in [-0.2, 0) is 11.2 Å². The van der Waals surface area contributed by atoms with Crippen molar-refractivity contribution >= 4 is 29.1 Å². The van der Waals surface area contributed by atoms with Crippen molar-refractivity contribution in [2.45, 2.75) is 31.7 Å². The Labute approximate surface area is 169 Å². The van der Waals surface area contributed by atoms with Gasteiger partial charge in [0.1, 0.15) is 0 Å². The first-order chi connectivity index (χ1) is 13.4. The van der Waals surface area contributed by atoms with Crippen molar-refractivity contribution in [2.75, 3.05) is 11.9 Å². The number of rotatable bonds is 6. The molecule has 3 rings (SSSR count). The summed E-state index contributed by atoms with van der Waals surface area (Å²) in [6, 6.07) is 12.3. The van der Waals surface area contributed by atoms with Gasteiger partial charge in [-0.15, -0.1) is 0 Å². The van der Waals surface area contributed by atoms with Crippen LogP contribution >= 0.6 is 11.6 Å². The van der Waals surface area contributed by atoms with Gasteiger partial charge in [-0.1, -0.05) is 42.0 Å². The molecule has 28 heavy (non-hydrogen) atoms. The molecule has 0 fully saturated rings. The molecule has 1 aliphatic carbocycles. The van der Waals surface area contributed by atoms with E-state index in [1.54, 1.807) is 36.4 Å². The standard InChI is InChI=1S/C22H23ClN2O3/c1-15-7-8-17(21(28)25-22(14-26)9-2-3-10-22)13-19(15)24-20(27)12-16-5-4-6-18(23)11-16/h2-8,11,13,26H,9-10,12,14H2,1H3,(H,24,27)(H,25,28). The van der Waals surface area contributed by atoms with E-state index in [2.05, 4.69) is 10.6 Å². The molecule has 0 atom stereocenters. The number of aliphatic hydroxyl groups excluding tert-OH is 1. The minimum Gasteiger partial charge on any atom is -0.394 e. The van der Waals surface area contributed by atoms with Crippen molar-refractivity contribution in [3.05, 3.63) is 76.3 Å². The second-order valence-electron chi connectivity index (χ2n) is 7.16. The zero-order valence-electron chi connectivity index (χ0n) is 15.7. The van der Waals surface area contributed by atoms with Gasteiger partial charge in [0.05, 0.1) is 18.6 Å². The maximum atomic E-state index is 12.7. The van der Waals surface area contributed by atoms with Crippen LogP contribution in [0.2, 0.25) is 5.02 Å². The van der Waals surface area contributed by atoms with Crippen LogP contribution in [0.15, 0.2) is 54.6 Å². The molecule has 2 aromatic rings. The highest BCUT2D eigenvalue weighted by molar-refractivity contribution is 6.30. The van der Waals surface area contributed by atoms with Crippen molar-refractivity contribution in [1.29, 1.82) is 0 Å². The van der Waals surface area contributed by atoms with E-state index in [9.17, 15) is 14.7 Å². The average molecular weight is 399 g/mol. The van der Waals surface area contributed by atoms with Gasteiger partial charge in [-0.2, -0.15) is 0 Å². The number of aliphatic hydroxyl groups is 1. The Morgan fingerprint density at radius 3 is 2.57 bits per heavy atom. The van der Waals surface area contributed by atoms with Crippen molar-refractivity contribution in [2.24, 2.45) is 0 Å². The number of halogens is 1. The quantitative estimate of drug-likeness (QED) is 0.650. The average Bonchev–Trinajstić information content (AvgIpc) is 3.12. The van der Waals surface area contributed by atoms with Gasteiger partial charge in [-0.3, -0.25) is 9.59 Å². The Balaban J connectivity index is 1.70. The highest BCUT2D eigenvalue weighted by Gasteiger charge is 2.32. The fourth-order valence-electron chi connectivity index (χ4n) is 3.21. The maximum absolute atomic E-state index is 12.7. The van der Waals surface area contributed by atoms with E-state index in [4.69, 9.17) is 11.6 Å². The molecule has 6 heteroatoms. The Morgan fingerprint density at radius 1 is 1.14 bits per heavy atom. The Kier molecular flexibility index (Phi) is 6.17. The maximum Gasteiger partial charge on any atom is 0.251 e. The van der Waals surface area contributed by atoms with E-state index in [1.165, 1.54) is 0 Å². The summed E-state index contributed by atoms with van der Waals surface area (Å²) < 4.78 is 0. The van der Waals surface area contributed by atoms with E-state index >= 15 is 0 Å². The summed E-state index contributed by atoms with van der Waals surface area (Å²) in [7, 11) is 0. The molecule has 1 aliphatic rings. The molecule has 0 spiro atoms. The molecule has 0 unspecified atom stereocenters. The number of carbonyl (C=O) groups excluding carboxylic acids is 2. The lowest BCUT2D eigenvalue weighted by molar-refractivity contribution is -0.115. The number of hydrogen-bond acceptors (Lipinski definition) is 3. The number of nitrogens with one attached hydrogen (secondary N) is 2. The minimum atomic E-state index is -0.641. The van der Waals surface area contributed by atoms with Crippen LogP contribution < -0.4 is 10.6 Å². The van der Waals surface area contributed by atoms with Gasteiger partial charge in [0.15, 0.2) is 0 Å². The normalized spacial score (nSPS) is 14.7. The highest BCUT2D eigenvalue weighted by atomic mass is 35.5. The summed E-state index contributed by atoms with van der Waals surface area (Å²) in [4.78, 5) is 25.1. The molecule has 0 aliphatic heterocycles. The molecule has 3 N–H and O–H groups in total. The fraction of sp³-hybridized carbons (Fsp3) is 0.273. The summed E-state index contributed by atoms with van der Waals surface area (Å²) in [6.45, 7) is 1.74. The summed E-state index contributed by atoms with van der Waals surface area (Å²) in [5, 5.41) is 16.0. The topological polar surface area (TPSA) is 78.4 Å². The molecule has 0 radical (unpaired) electrons. The van der Waals surface area contributed by atoms with E-state index in [-0.39, 0.29) is 24.8 Å². The second kappa shape index (κ2) is 8.59. The molecular weight excluding hydrogens is 376 g/mol. The predicted octanol–water partition coefficient (Wildman–Crippen LogP) is 3.64. The smallest absolute Gasteiger partial charge is 0.251 e. The molecule has 2 aromatic carbocycles. The monoisotopic (exact) mass is 398 g/mol. The molecule has 0 aromatic heterocycles. The molecule has 2 amide bonds. The third-order valence-electron chi connectivity index (χ3n) is 4.89. The van der Waals surface area contributed by atoms with Crippen molar-refractivity contribution in [1.82, 2.24) is 5.32 Å². The first-order valence-corrected chi connectivity index (χ1v) is 9.52. The van der Waals surface area contributed by atoms with Gasteiger partial charge in [0.25, 0.3) is 5.91 Å². The van der Waals surface area contributed by atoms with Gasteiger partial charge in [0, 0.05) is 16.3 Å². The molecule has 0 saturated carbocycles. The third-order valence-corrected chi connectivity index (χ3v) is 5.13. The molecule has 0 saturated heterocycles. The van der Waals surface area contributed by atoms with Crippen molar-refractivity contribution in [3.8, 4) is 0 Å². The molecule has 0 bridgehead atoms. The van der Waals surface area contributed by atoms with Crippen LogP contribution in [0.4, 0.5) is 5.69 Å². The number of benzene rings is 2. The first kappa shape index (κ1) is 20.1. The Hall–Kier alpha value is -2.63.